The standard InChI is InChI=1S/C19H23NO3/c1-13-10-18(21)23-19-15(13)8-9-17-16(19)11-20(12-22-17)14-6-4-2-3-5-7-14/h8-10,14H,2-7,11-12H2,1H3/p+1. The van der Waals surface area contributed by atoms with Gasteiger partial charge in [0.05, 0.1) is 11.6 Å². The number of rotatable bonds is 1. The van der Waals surface area contributed by atoms with Gasteiger partial charge in [-0.2, -0.15) is 0 Å². The van der Waals surface area contributed by atoms with Crippen molar-refractivity contribution in [1.29, 1.82) is 0 Å². The van der Waals surface area contributed by atoms with E-state index in [1.54, 1.807) is 6.07 Å². The maximum absolute atomic E-state index is 11.8. The molecule has 1 atom stereocenters. The number of hydrogen-bond acceptors (Lipinski definition) is 3. The molecule has 0 bridgehead atoms. The molecule has 1 N–H and O–H groups in total. The lowest BCUT2D eigenvalue weighted by atomic mass is 10.0. The van der Waals surface area contributed by atoms with Crippen molar-refractivity contribution < 1.29 is 14.1 Å². The van der Waals surface area contributed by atoms with Crippen LogP contribution in [-0.4, -0.2) is 12.8 Å². The fraction of sp³-hybridized carbons (Fsp3) is 0.526. The van der Waals surface area contributed by atoms with E-state index in [1.165, 1.54) is 43.4 Å². The molecule has 4 heteroatoms. The summed E-state index contributed by atoms with van der Waals surface area (Å²) in [6, 6.07) is 6.25. The van der Waals surface area contributed by atoms with Crippen LogP contribution >= 0.6 is 0 Å². The first-order valence-electron chi connectivity index (χ1n) is 8.76. The summed E-state index contributed by atoms with van der Waals surface area (Å²) in [5.41, 5.74) is 2.48. The van der Waals surface area contributed by atoms with Gasteiger partial charge < -0.3 is 9.15 Å². The number of fused-ring (bicyclic) bond motifs is 3. The molecule has 0 spiro atoms. The second-order valence-electron chi connectivity index (χ2n) is 6.98. The van der Waals surface area contributed by atoms with E-state index in [0.29, 0.717) is 6.04 Å². The van der Waals surface area contributed by atoms with Gasteiger partial charge in [0.25, 0.3) is 0 Å². The molecule has 0 amide bonds. The lowest BCUT2D eigenvalue weighted by Gasteiger charge is -2.32. The average Bonchev–Trinajstić information content (AvgIpc) is 2.83. The fourth-order valence-corrected chi connectivity index (χ4v) is 4.12. The van der Waals surface area contributed by atoms with Crippen molar-refractivity contribution in [2.75, 3.05) is 6.73 Å². The minimum absolute atomic E-state index is 0.273. The molecule has 122 valence electrons. The van der Waals surface area contributed by atoms with E-state index >= 15 is 0 Å². The molecule has 2 heterocycles. The SMILES string of the molecule is Cc1cc(=O)oc2c3c(ccc12)OC[NH+](C1CCCCCC1)C3. The van der Waals surface area contributed by atoms with Crippen LogP contribution in [0.25, 0.3) is 11.0 Å². The molecule has 23 heavy (non-hydrogen) atoms. The largest absolute Gasteiger partial charge is 0.445 e. The molecule has 1 saturated carbocycles. The highest BCUT2D eigenvalue weighted by Crippen LogP contribution is 2.30. The van der Waals surface area contributed by atoms with E-state index in [0.717, 1.165) is 41.1 Å². The van der Waals surface area contributed by atoms with E-state index in [4.69, 9.17) is 9.15 Å². The summed E-state index contributed by atoms with van der Waals surface area (Å²) in [4.78, 5) is 13.3. The third-order valence-corrected chi connectivity index (χ3v) is 5.43. The first-order valence-corrected chi connectivity index (χ1v) is 8.76. The van der Waals surface area contributed by atoms with Crippen LogP contribution in [0.4, 0.5) is 0 Å². The Morgan fingerprint density at radius 1 is 1.13 bits per heavy atom. The summed E-state index contributed by atoms with van der Waals surface area (Å²) in [7, 11) is 0. The van der Waals surface area contributed by atoms with Gasteiger partial charge in [-0.05, 0) is 50.3 Å². The van der Waals surface area contributed by atoms with Crippen molar-refractivity contribution in [3.05, 3.63) is 39.7 Å². The molecule has 2 aliphatic rings. The van der Waals surface area contributed by atoms with Crippen LogP contribution in [0.2, 0.25) is 0 Å². The number of hydrogen-bond donors (Lipinski definition) is 1. The van der Waals surface area contributed by atoms with Gasteiger partial charge in [-0.1, -0.05) is 12.8 Å². The van der Waals surface area contributed by atoms with Gasteiger partial charge in [0.15, 0.2) is 5.58 Å². The molecule has 1 aromatic heterocycles. The highest BCUT2D eigenvalue weighted by Gasteiger charge is 2.30. The summed E-state index contributed by atoms with van der Waals surface area (Å²) < 4.78 is 11.6. The van der Waals surface area contributed by atoms with Crippen molar-refractivity contribution in [2.45, 2.75) is 58.0 Å². The normalized spacial score (nSPS) is 22.4. The van der Waals surface area contributed by atoms with E-state index in [9.17, 15) is 4.79 Å². The maximum Gasteiger partial charge on any atom is 0.336 e. The minimum atomic E-state index is -0.273. The van der Waals surface area contributed by atoms with E-state index in [2.05, 4.69) is 0 Å². The lowest BCUT2D eigenvalue weighted by molar-refractivity contribution is -0.957. The average molecular weight is 314 g/mol. The highest BCUT2D eigenvalue weighted by molar-refractivity contribution is 5.84. The molecular weight excluding hydrogens is 290 g/mol. The molecule has 4 nitrogen and oxygen atoms in total. The molecule has 1 fully saturated rings. The van der Waals surface area contributed by atoms with Crippen molar-refractivity contribution in [1.82, 2.24) is 0 Å². The first kappa shape index (κ1) is 14.8. The van der Waals surface area contributed by atoms with Crippen molar-refractivity contribution >= 4 is 11.0 Å². The van der Waals surface area contributed by atoms with Crippen LogP contribution in [0.1, 0.15) is 49.7 Å². The van der Waals surface area contributed by atoms with Crippen LogP contribution in [0.5, 0.6) is 5.75 Å². The molecule has 4 rings (SSSR count). The summed E-state index contributed by atoms with van der Waals surface area (Å²) >= 11 is 0. The fourth-order valence-electron chi connectivity index (χ4n) is 4.12. The van der Waals surface area contributed by atoms with Crippen LogP contribution in [-0.2, 0) is 6.54 Å². The second-order valence-corrected chi connectivity index (χ2v) is 6.98. The third-order valence-electron chi connectivity index (χ3n) is 5.43. The summed E-state index contributed by atoms with van der Waals surface area (Å²) in [5, 5.41) is 1.02. The first-order chi connectivity index (χ1) is 11.2. The predicted octanol–water partition coefficient (Wildman–Crippen LogP) is 2.56. The van der Waals surface area contributed by atoms with Gasteiger partial charge in [0, 0.05) is 11.5 Å². The zero-order valence-corrected chi connectivity index (χ0v) is 13.7. The van der Waals surface area contributed by atoms with Crippen molar-refractivity contribution in [2.24, 2.45) is 0 Å². The van der Waals surface area contributed by atoms with Gasteiger partial charge in [0.2, 0.25) is 6.73 Å². The Morgan fingerprint density at radius 2 is 1.91 bits per heavy atom. The van der Waals surface area contributed by atoms with Crippen LogP contribution in [0.3, 0.4) is 0 Å². The van der Waals surface area contributed by atoms with Gasteiger partial charge in [0.1, 0.15) is 12.3 Å². The van der Waals surface area contributed by atoms with Crippen molar-refractivity contribution in [3.8, 4) is 5.75 Å². The van der Waals surface area contributed by atoms with Gasteiger partial charge in [-0.25, -0.2) is 4.79 Å². The van der Waals surface area contributed by atoms with Gasteiger partial charge >= 0.3 is 5.63 Å². The Kier molecular flexibility index (Phi) is 3.85. The zero-order chi connectivity index (χ0) is 15.8. The molecule has 1 unspecified atom stereocenters. The monoisotopic (exact) mass is 314 g/mol. The Bertz CT molecular complexity index is 772. The van der Waals surface area contributed by atoms with Crippen LogP contribution in [0.15, 0.2) is 27.4 Å². The molecule has 1 aromatic carbocycles. The maximum atomic E-state index is 11.8. The predicted molar refractivity (Wildman–Crippen MR) is 88.9 cm³/mol. The topological polar surface area (TPSA) is 43.9 Å². The molecule has 1 aliphatic carbocycles. The van der Waals surface area contributed by atoms with Gasteiger partial charge in [-0.3, -0.25) is 4.90 Å². The van der Waals surface area contributed by atoms with Gasteiger partial charge in [-0.15, -0.1) is 0 Å². The summed E-state index contributed by atoms with van der Waals surface area (Å²) in [6.45, 7) is 3.58. The Balaban J connectivity index is 1.72. The lowest BCUT2D eigenvalue weighted by Crippen LogP contribution is -3.15. The Hall–Kier alpha value is -1.81. The van der Waals surface area contributed by atoms with Crippen LogP contribution in [0, 0.1) is 6.92 Å². The van der Waals surface area contributed by atoms with Crippen LogP contribution < -0.4 is 15.3 Å². The number of nitrogens with one attached hydrogen (secondary N) is 1. The quantitative estimate of drug-likeness (QED) is 0.650. The summed E-state index contributed by atoms with van der Waals surface area (Å²) in [6.07, 6.45) is 7.93. The number of benzene rings is 1. The molecule has 0 saturated heterocycles. The zero-order valence-electron chi connectivity index (χ0n) is 13.7. The highest BCUT2D eigenvalue weighted by atomic mass is 16.5. The van der Waals surface area contributed by atoms with E-state index in [-0.39, 0.29) is 5.63 Å². The number of aryl methyl sites for hydroxylation is 1. The van der Waals surface area contributed by atoms with Crippen molar-refractivity contribution in [3.63, 3.8) is 0 Å². The molecular formula is C19H24NO3+. The third kappa shape index (κ3) is 2.76. The minimum Gasteiger partial charge on any atom is -0.445 e. The summed E-state index contributed by atoms with van der Waals surface area (Å²) in [5.74, 6) is 0.878. The Morgan fingerprint density at radius 3 is 2.70 bits per heavy atom. The molecule has 1 aliphatic heterocycles. The number of ether oxygens (including phenoxy) is 1. The Labute approximate surface area is 136 Å². The number of quaternary nitrogens is 1. The smallest absolute Gasteiger partial charge is 0.336 e. The molecule has 2 aromatic rings. The molecule has 0 radical (unpaired) electrons. The van der Waals surface area contributed by atoms with E-state index < -0.39 is 0 Å². The second kappa shape index (κ2) is 6.00. The van der Waals surface area contributed by atoms with E-state index in [1.807, 2.05) is 19.1 Å².